The number of aromatic amines is 1. The molecule has 0 spiro atoms. The number of rotatable bonds is 4. The number of benzene rings is 1. The maximum atomic E-state index is 14.4. The predicted octanol–water partition coefficient (Wildman–Crippen LogP) is 2.20. The van der Waals surface area contributed by atoms with Crippen molar-refractivity contribution >= 4 is 7.82 Å². The molecule has 3 heterocycles. The third-order valence-electron chi connectivity index (χ3n) is 4.58. The molecular weight excluding hydrogens is 394 g/mol. The molecule has 28 heavy (non-hydrogen) atoms. The third kappa shape index (κ3) is 3.68. The quantitative estimate of drug-likeness (QED) is 0.767. The van der Waals surface area contributed by atoms with E-state index in [2.05, 4.69) is 4.98 Å². The van der Waals surface area contributed by atoms with E-state index in [0.29, 0.717) is 11.3 Å². The molecule has 1 fully saturated rings. The number of H-pyrrole nitrogens is 1. The van der Waals surface area contributed by atoms with Crippen LogP contribution >= 0.6 is 7.82 Å². The molecule has 1 saturated heterocycles. The van der Waals surface area contributed by atoms with Gasteiger partial charge in [0.15, 0.2) is 0 Å². The molecule has 0 radical (unpaired) electrons. The van der Waals surface area contributed by atoms with Gasteiger partial charge in [0.25, 0.3) is 5.56 Å². The number of phosphoric acid groups is 1. The Hall–Kier alpha value is -2.26. The minimum absolute atomic E-state index is 0.0483. The van der Waals surface area contributed by atoms with Crippen LogP contribution in [-0.2, 0) is 25.0 Å². The number of phosphoric ester groups is 1. The van der Waals surface area contributed by atoms with Gasteiger partial charge < -0.3 is 9.26 Å². The summed E-state index contributed by atoms with van der Waals surface area (Å²) in [6.45, 7) is 1.19. The van der Waals surface area contributed by atoms with Crippen molar-refractivity contribution < 1.29 is 27.3 Å². The molecule has 0 bridgehead atoms. The average molecular weight is 412 g/mol. The molecule has 1 aromatic heterocycles. The summed E-state index contributed by atoms with van der Waals surface area (Å²) in [5.41, 5.74) is -0.185. The Kier molecular flexibility index (Phi) is 4.96. The first-order chi connectivity index (χ1) is 13.3. The van der Waals surface area contributed by atoms with Crippen LogP contribution in [-0.4, -0.2) is 28.4 Å². The van der Waals surface area contributed by atoms with Gasteiger partial charge in [-0.25, -0.2) is 13.8 Å². The number of halogens is 1. The van der Waals surface area contributed by atoms with Crippen molar-refractivity contribution in [2.24, 2.45) is 0 Å². The van der Waals surface area contributed by atoms with Crippen LogP contribution in [0, 0.1) is 6.92 Å². The maximum absolute atomic E-state index is 14.4. The lowest BCUT2D eigenvalue weighted by atomic mass is 10.2. The van der Waals surface area contributed by atoms with E-state index >= 15 is 0 Å². The Morgan fingerprint density at radius 1 is 1.36 bits per heavy atom. The summed E-state index contributed by atoms with van der Waals surface area (Å²) in [7, 11) is -3.90. The maximum Gasteiger partial charge on any atom is 0.530 e. The Bertz CT molecular complexity index is 1050. The molecule has 2 aliphatic rings. The number of nitrogens with one attached hydrogen (secondary N) is 1. The molecule has 9 nitrogen and oxygen atoms in total. The molecule has 2 aromatic rings. The number of para-hydroxylation sites is 1. The van der Waals surface area contributed by atoms with E-state index in [1.165, 1.54) is 13.1 Å². The van der Waals surface area contributed by atoms with Gasteiger partial charge in [0.1, 0.15) is 24.3 Å². The number of nitrogens with zero attached hydrogens (tertiary/aromatic N) is 1. The van der Waals surface area contributed by atoms with Crippen molar-refractivity contribution in [2.45, 2.75) is 38.5 Å². The zero-order chi connectivity index (χ0) is 19.9. The second-order valence-electron chi connectivity index (χ2n) is 6.57. The van der Waals surface area contributed by atoms with Gasteiger partial charge in [-0.05, 0) is 13.0 Å². The van der Waals surface area contributed by atoms with E-state index in [1.54, 1.807) is 24.3 Å². The molecule has 0 aliphatic carbocycles. The number of ether oxygens (including phenoxy) is 1. The summed E-state index contributed by atoms with van der Waals surface area (Å²) >= 11 is 0. The van der Waals surface area contributed by atoms with Crippen LogP contribution in [0.25, 0.3) is 0 Å². The Balaban J connectivity index is 1.43. The minimum Gasteiger partial charge on any atom is -0.404 e. The number of aromatic nitrogens is 2. The molecule has 1 N–H and O–H groups in total. The fourth-order valence-corrected chi connectivity index (χ4v) is 4.27. The lowest BCUT2D eigenvalue weighted by molar-refractivity contribution is -0.0370. The van der Waals surface area contributed by atoms with Crippen molar-refractivity contribution in [3.63, 3.8) is 0 Å². The monoisotopic (exact) mass is 412 g/mol. The van der Waals surface area contributed by atoms with Gasteiger partial charge >= 0.3 is 13.5 Å². The van der Waals surface area contributed by atoms with Crippen molar-refractivity contribution in [3.8, 4) is 5.75 Å². The molecule has 2 aliphatic heterocycles. The predicted molar refractivity (Wildman–Crippen MR) is 94.9 cm³/mol. The SMILES string of the molecule is Cc1cn([C@H]2C[C@@H](F)[C@@H](COP3(=O)OCc4ccccc4O3)O2)c(=O)[nH]c1=O. The first-order valence-corrected chi connectivity index (χ1v) is 10.1. The van der Waals surface area contributed by atoms with E-state index in [4.69, 9.17) is 18.3 Å². The summed E-state index contributed by atoms with van der Waals surface area (Å²) in [5.74, 6) is 0.384. The van der Waals surface area contributed by atoms with Gasteiger partial charge in [0, 0.05) is 23.7 Å². The van der Waals surface area contributed by atoms with Crippen LogP contribution in [0.1, 0.15) is 23.8 Å². The summed E-state index contributed by atoms with van der Waals surface area (Å²) in [6.07, 6.45) is -2.25. The highest BCUT2D eigenvalue weighted by atomic mass is 31.2. The summed E-state index contributed by atoms with van der Waals surface area (Å²) in [6, 6.07) is 6.92. The highest BCUT2D eigenvalue weighted by Crippen LogP contribution is 2.54. The fraction of sp³-hybridized carbons (Fsp3) is 0.412. The second kappa shape index (κ2) is 7.29. The number of aryl methyl sites for hydroxylation is 1. The largest absolute Gasteiger partial charge is 0.530 e. The van der Waals surface area contributed by atoms with Gasteiger partial charge in [-0.2, -0.15) is 0 Å². The number of fused-ring (bicyclic) bond motifs is 1. The summed E-state index contributed by atoms with van der Waals surface area (Å²) in [4.78, 5) is 25.6. The standard InChI is InChI=1S/C17H18FN2O7P/c1-10-7-20(17(22)19-16(10)21)15-6-12(18)14(26-15)9-25-28(23)24-8-11-4-2-3-5-13(11)27-28/h2-5,7,12,14-15H,6,8-9H2,1H3,(H,19,21,22)/t12-,14-,15-,28?/m1/s1. The second-order valence-corrected chi connectivity index (χ2v) is 8.17. The Morgan fingerprint density at radius 3 is 2.96 bits per heavy atom. The fourth-order valence-electron chi connectivity index (χ4n) is 3.05. The molecular formula is C17H18FN2O7P. The van der Waals surface area contributed by atoms with E-state index in [9.17, 15) is 18.5 Å². The Morgan fingerprint density at radius 2 is 2.14 bits per heavy atom. The van der Waals surface area contributed by atoms with Crippen LogP contribution in [0.5, 0.6) is 5.75 Å². The highest BCUT2D eigenvalue weighted by molar-refractivity contribution is 7.49. The molecule has 4 atom stereocenters. The van der Waals surface area contributed by atoms with Crippen molar-refractivity contribution in [1.29, 1.82) is 0 Å². The van der Waals surface area contributed by atoms with Crippen molar-refractivity contribution in [1.82, 2.24) is 9.55 Å². The van der Waals surface area contributed by atoms with Crippen LogP contribution in [0.2, 0.25) is 0 Å². The molecule has 0 saturated carbocycles. The van der Waals surface area contributed by atoms with Gasteiger partial charge in [-0.1, -0.05) is 18.2 Å². The number of hydrogen-bond acceptors (Lipinski definition) is 7. The topological polar surface area (TPSA) is 109 Å². The van der Waals surface area contributed by atoms with Crippen LogP contribution in [0.3, 0.4) is 0 Å². The molecule has 11 heteroatoms. The molecule has 150 valence electrons. The first kappa shape index (κ1) is 19.1. The van der Waals surface area contributed by atoms with E-state index in [0.717, 1.165) is 10.1 Å². The highest BCUT2D eigenvalue weighted by Gasteiger charge is 2.41. The van der Waals surface area contributed by atoms with E-state index in [-0.39, 0.29) is 19.6 Å². The Labute approximate surface area is 158 Å². The molecule has 0 amide bonds. The van der Waals surface area contributed by atoms with Crippen LogP contribution in [0.4, 0.5) is 4.39 Å². The molecule has 1 aromatic carbocycles. The van der Waals surface area contributed by atoms with Gasteiger partial charge in [0.2, 0.25) is 0 Å². The van der Waals surface area contributed by atoms with Crippen LogP contribution in [0.15, 0.2) is 40.1 Å². The third-order valence-corrected chi connectivity index (χ3v) is 5.91. The smallest absolute Gasteiger partial charge is 0.404 e. The summed E-state index contributed by atoms with van der Waals surface area (Å²) < 4.78 is 49.4. The first-order valence-electron chi connectivity index (χ1n) is 8.63. The van der Waals surface area contributed by atoms with Gasteiger partial charge in [0.05, 0.1) is 13.2 Å². The number of hydrogen-bond donors (Lipinski definition) is 1. The minimum atomic E-state index is -3.90. The van der Waals surface area contributed by atoms with Crippen LogP contribution < -0.4 is 15.8 Å². The number of alkyl halides is 1. The zero-order valence-corrected chi connectivity index (χ0v) is 15.8. The lowest BCUT2D eigenvalue weighted by Crippen LogP contribution is -2.33. The van der Waals surface area contributed by atoms with Crippen molar-refractivity contribution in [2.75, 3.05) is 6.61 Å². The lowest BCUT2D eigenvalue weighted by Gasteiger charge is -2.25. The van der Waals surface area contributed by atoms with Gasteiger partial charge in [-0.15, -0.1) is 0 Å². The average Bonchev–Trinajstić information content (AvgIpc) is 3.03. The summed E-state index contributed by atoms with van der Waals surface area (Å²) in [5, 5.41) is 0. The zero-order valence-electron chi connectivity index (χ0n) is 14.9. The normalized spacial score (nSPS) is 29.3. The molecule has 1 unspecified atom stereocenters. The van der Waals surface area contributed by atoms with E-state index < -0.39 is 37.6 Å². The van der Waals surface area contributed by atoms with Crippen molar-refractivity contribution in [3.05, 3.63) is 62.4 Å². The molecule has 4 rings (SSSR count). The van der Waals surface area contributed by atoms with Gasteiger partial charge in [-0.3, -0.25) is 23.4 Å². The van der Waals surface area contributed by atoms with E-state index in [1.807, 2.05) is 0 Å².